The molecule has 1 aliphatic heterocycles. The predicted octanol–water partition coefficient (Wildman–Crippen LogP) is 2.76. The van der Waals surface area contributed by atoms with E-state index in [9.17, 15) is 4.79 Å². The van der Waals surface area contributed by atoms with Gasteiger partial charge in [0.2, 0.25) is 0 Å². The number of carbonyl (C=O) groups is 1. The third-order valence-corrected chi connectivity index (χ3v) is 3.25. The van der Waals surface area contributed by atoms with E-state index in [1.807, 2.05) is 36.4 Å². The third-order valence-electron chi connectivity index (χ3n) is 2.76. The molecular formula is C15H10BrN3O. The minimum atomic E-state index is -0.217. The van der Waals surface area contributed by atoms with E-state index >= 15 is 0 Å². The van der Waals surface area contributed by atoms with Crippen molar-refractivity contribution >= 4 is 33.7 Å². The van der Waals surface area contributed by atoms with E-state index in [4.69, 9.17) is 0 Å². The molecule has 0 spiro atoms. The fraction of sp³-hybridized carbons (Fsp3) is 0. The molecule has 2 heterocycles. The largest absolute Gasteiger partial charge is 0.303 e. The van der Waals surface area contributed by atoms with Crippen LogP contribution in [-0.4, -0.2) is 16.7 Å². The Morgan fingerprint density at radius 2 is 2.05 bits per heavy atom. The number of amidine groups is 1. The number of aliphatic imine (C=N–C) groups is 1. The predicted molar refractivity (Wildman–Crippen MR) is 81.0 cm³/mol. The number of nitrogens with zero attached hydrogens (tertiary/aromatic N) is 2. The molecule has 4 nitrogen and oxygen atoms in total. The summed E-state index contributed by atoms with van der Waals surface area (Å²) in [6, 6.07) is 13.2. The van der Waals surface area contributed by atoms with Crippen LogP contribution in [0.1, 0.15) is 11.3 Å². The van der Waals surface area contributed by atoms with Crippen LogP contribution in [0.15, 0.2) is 63.8 Å². The van der Waals surface area contributed by atoms with Crippen molar-refractivity contribution in [1.82, 2.24) is 10.3 Å². The fourth-order valence-electron chi connectivity index (χ4n) is 1.85. The molecule has 1 aliphatic rings. The van der Waals surface area contributed by atoms with Crippen molar-refractivity contribution in [2.24, 2.45) is 4.99 Å². The molecule has 0 saturated carbocycles. The van der Waals surface area contributed by atoms with Gasteiger partial charge in [-0.15, -0.1) is 0 Å². The van der Waals surface area contributed by atoms with E-state index in [-0.39, 0.29) is 5.91 Å². The van der Waals surface area contributed by atoms with Crippen LogP contribution in [0.2, 0.25) is 0 Å². The lowest BCUT2D eigenvalue weighted by Crippen LogP contribution is -2.25. The molecule has 0 radical (unpaired) electrons. The van der Waals surface area contributed by atoms with Gasteiger partial charge < -0.3 is 5.32 Å². The number of halogens is 1. The molecule has 1 N–H and O–H groups in total. The van der Waals surface area contributed by atoms with Gasteiger partial charge in [0.25, 0.3) is 5.91 Å². The van der Waals surface area contributed by atoms with Gasteiger partial charge in [-0.25, -0.2) is 4.99 Å². The van der Waals surface area contributed by atoms with Gasteiger partial charge in [-0.3, -0.25) is 9.78 Å². The van der Waals surface area contributed by atoms with Gasteiger partial charge in [0, 0.05) is 10.7 Å². The second-order valence-corrected chi connectivity index (χ2v) is 5.13. The number of aromatic nitrogens is 1. The summed E-state index contributed by atoms with van der Waals surface area (Å²) in [4.78, 5) is 20.4. The number of hydrogen-bond acceptors (Lipinski definition) is 3. The summed E-state index contributed by atoms with van der Waals surface area (Å²) in [5.74, 6) is 0.266. The molecular weight excluding hydrogens is 318 g/mol. The number of amides is 1. The van der Waals surface area contributed by atoms with Crippen LogP contribution in [0.4, 0.5) is 0 Å². The summed E-state index contributed by atoms with van der Waals surface area (Å²) >= 11 is 3.40. The number of carbonyl (C=O) groups excluding carboxylic acids is 1. The minimum Gasteiger partial charge on any atom is -0.303 e. The standard InChI is InChI=1S/C15H10BrN3O/c16-11-5-3-4-10(8-11)9-13-15(20)19-14(18-13)12-6-1-2-7-17-12/h1-9H,(H,18,19,20)/b13-9+. The van der Waals surface area contributed by atoms with Crippen LogP contribution in [0.25, 0.3) is 6.08 Å². The lowest BCUT2D eigenvalue weighted by atomic mass is 10.2. The molecule has 1 aromatic heterocycles. The van der Waals surface area contributed by atoms with E-state index < -0.39 is 0 Å². The first-order valence-electron chi connectivity index (χ1n) is 6.01. The third kappa shape index (κ3) is 2.67. The highest BCUT2D eigenvalue weighted by Gasteiger charge is 2.21. The van der Waals surface area contributed by atoms with Crippen molar-refractivity contribution in [3.8, 4) is 0 Å². The smallest absolute Gasteiger partial charge is 0.275 e. The molecule has 0 aliphatic carbocycles. The Kier molecular flexibility index (Phi) is 3.43. The summed E-state index contributed by atoms with van der Waals surface area (Å²) in [7, 11) is 0. The second kappa shape index (κ2) is 5.38. The summed E-state index contributed by atoms with van der Waals surface area (Å²) in [5, 5.41) is 2.72. The van der Waals surface area contributed by atoms with E-state index in [0.717, 1.165) is 10.0 Å². The lowest BCUT2D eigenvalue weighted by molar-refractivity contribution is -0.115. The average Bonchev–Trinajstić information content (AvgIpc) is 2.81. The molecule has 0 bridgehead atoms. The molecule has 0 saturated heterocycles. The van der Waals surface area contributed by atoms with Crippen molar-refractivity contribution in [3.63, 3.8) is 0 Å². The lowest BCUT2D eigenvalue weighted by Gasteiger charge is -1.97. The van der Waals surface area contributed by atoms with Crippen LogP contribution in [0.5, 0.6) is 0 Å². The van der Waals surface area contributed by atoms with E-state index in [1.54, 1.807) is 18.3 Å². The maximum atomic E-state index is 11.9. The first kappa shape index (κ1) is 12.7. The minimum absolute atomic E-state index is 0.217. The number of hydrogen-bond donors (Lipinski definition) is 1. The normalized spacial score (nSPS) is 16.1. The van der Waals surface area contributed by atoms with E-state index in [0.29, 0.717) is 17.2 Å². The van der Waals surface area contributed by atoms with Crippen LogP contribution >= 0.6 is 15.9 Å². The molecule has 0 fully saturated rings. The van der Waals surface area contributed by atoms with Gasteiger partial charge in [-0.05, 0) is 35.9 Å². The van der Waals surface area contributed by atoms with Crippen LogP contribution < -0.4 is 5.32 Å². The molecule has 1 aromatic carbocycles. The molecule has 3 rings (SSSR count). The Morgan fingerprint density at radius 1 is 1.15 bits per heavy atom. The van der Waals surface area contributed by atoms with Crippen LogP contribution in [0.3, 0.4) is 0 Å². The fourth-order valence-corrected chi connectivity index (χ4v) is 2.26. The zero-order valence-electron chi connectivity index (χ0n) is 10.4. The molecule has 0 unspecified atom stereocenters. The van der Waals surface area contributed by atoms with E-state index in [2.05, 4.69) is 31.2 Å². The van der Waals surface area contributed by atoms with Gasteiger partial charge >= 0.3 is 0 Å². The topological polar surface area (TPSA) is 54.4 Å². The molecule has 2 aromatic rings. The van der Waals surface area contributed by atoms with Crippen molar-refractivity contribution in [1.29, 1.82) is 0 Å². The van der Waals surface area contributed by atoms with E-state index in [1.165, 1.54) is 0 Å². The summed E-state index contributed by atoms with van der Waals surface area (Å²) in [6.45, 7) is 0. The Bertz CT molecular complexity index is 723. The first-order chi connectivity index (χ1) is 9.72. The van der Waals surface area contributed by atoms with Crippen molar-refractivity contribution in [2.45, 2.75) is 0 Å². The number of rotatable bonds is 2. The average molecular weight is 328 g/mol. The molecule has 20 heavy (non-hydrogen) atoms. The Balaban J connectivity index is 1.95. The first-order valence-corrected chi connectivity index (χ1v) is 6.80. The zero-order valence-corrected chi connectivity index (χ0v) is 12.0. The van der Waals surface area contributed by atoms with Crippen molar-refractivity contribution in [3.05, 3.63) is 70.1 Å². The zero-order chi connectivity index (χ0) is 13.9. The second-order valence-electron chi connectivity index (χ2n) is 4.21. The number of nitrogens with one attached hydrogen (secondary N) is 1. The molecule has 98 valence electrons. The quantitative estimate of drug-likeness (QED) is 0.862. The summed E-state index contributed by atoms with van der Waals surface area (Å²) in [5.41, 5.74) is 1.94. The van der Waals surface area contributed by atoms with Gasteiger partial charge in [0.15, 0.2) is 5.84 Å². The SMILES string of the molecule is O=C1NC(c2ccccn2)=N/C1=C/c1cccc(Br)c1. The van der Waals surface area contributed by atoms with Gasteiger partial charge in [0.1, 0.15) is 11.4 Å². The summed E-state index contributed by atoms with van der Waals surface area (Å²) < 4.78 is 0.958. The summed E-state index contributed by atoms with van der Waals surface area (Å²) in [6.07, 6.45) is 3.41. The van der Waals surface area contributed by atoms with Gasteiger partial charge in [0.05, 0.1) is 0 Å². The monoisotopic (exact) mass is 327 g/mol. The number of benzene rings is 1. The maximum absolute atomic E-state index is 11.9. The Morgan fingerprint density at radius 3 is 2.80 bits per heavy atom. The highest BCUT2D eigenvalue weighted by atomic mass is 79.9. The maximum Gasteiger partial charge on any atom is 0.275 e. The Hall–Kier alpha value is -2.27. The Labute approximate surface area is 124 Å². The van der Waals surface area contributed by atoms with Crippen LogP contribution in [-0.2, 0) is 4.79 Å². The molecule has 0 atom stereocenters. The number of pyridine rings is 1. The van der Waals surface area contributed by atoms with Gasteiger partial charge in [-0.1, -0.05) is 34.1 Å². The molecule has 5 heteroatoms. The van der Waals surface area contributed by atoms with Crippen LogP contribution in [0, 0.1) is 0 Å². The highest BCUT2D eigenvalue weighted by Crippen LogP contribution is 2.17. The molecule has 1 amide bonds. The van der Waals surface area contributed by atoms with Gasteiger partial charge in [-0.2, -0.15) is 0 Å². The highest BCUT2D eigenvalue weighted by molar-refractivity contribution is 9.10. The van der Waals surface area contributed by atoms with Crippen molar-refractivity contribution in [2.75, 3.05) is 0 Å². The van der Waals surface area contributed by atoms with Crippen molar-refractivity contribution < 1.29 is 4.79 Å².